The van der Waals surface area contributed by atoms with Crippen LogP contribution in [0.1, 0.15) is 151 Å². The minimum atomic E-state index is -0.893. The van der Waals surface area contributed by atoms with Gasteiger partial charge in [0.2, 0.25) is 0 Å². The fraction of sp³-hybridized carbons (Fsp3) is 0.766. The van der Waals surface area contributed by atoms with E-state index in [1.165, 1.54) is 11.8 Å². The number of pyridine rings is 1. The maximum Gasteiger partial charge on any atom is 0.309 e. The van der Waals surface area contributed by atoms with Crippen molar-refractivity contribution in [1.82, 2.24) is 10.3 Å². The van der Waals surface area contributed by atoms with E-state index in [2.05, 4.69) is 72.6 Å². The van der Waals surface area contributed by atoms with Crippen molar-refractivity contribution in [3.63, 3.8) is 0 Å². The van der Waals surface area contributed by atoms with Crippen LogP contribution in [0, 0.1) is 67.0 Å². The number of hydrogen-bond acceptors (Lipinski definition) is 7. The van der Waals surface area contributed by atoms with Gasteiger partial charge in [-0.3, -0.25) is 24.2 Å². The number of fused-ring (bicyclic) bond motifs is 7. The molecule has 0 saturated heterocycles. The summed E-state index contributed by atoms with van der Waals surface area (Å²) in [4.78, 5) is 56.9. The highest BCUT2D eigenvalue weighted by Crippen LogP contribution is 2.84. The molecule has 1 unspecified atom stereocenters. The van der Waals surface area contributed by atoms with E-state index >= 15 is 0 Å². The third-order valence-electron chi connectivity index (χ3n) is 19.6. The fourth-order valence-electron chi connectivity index (χ4n) is 14.9. The van der Waals surface area contributed by atoms with Gasteiger partial charge in [-0.1, -0.05) is 81.7 Å². The number of aromatic nitrogens is 1. The number of aliphatic carboxylic acids is 1. The number of ketones is 1. The Labute approximate surface area is 334 Å². The summed E-state index contributed by atoms with van der Waals surface area (Å²) in [6, 6.07) is 3.43. The number of esters is 1. The first kappa shape index (κ1) is 41.1. The molecule has 0 spiro atoms. The molecule has 1 heterocycles. The molecule has 6 aliphatic carbocycles. The second-order valence-electron chi connectivity index (χ2n) is 21.7. The number of allylic oxidation sites excluding steroid dienone is 1. The SMILES string of the molecule is CC(C)C1=C2C3CC[C@]4(C)[C@@]5(C)CC[C@H](OC(=O)[C@H]6C[C@@H](C(=O)O)C6(C)C)C(C)(C)[C@]5(C)CC[C@@]4(C)[C@]3(C)CC[C@@]2([C@@H](O)CNC(=O)c2cccnc2)CC1=O. The summed E-state index contributed by atoms with van der Waals surface area (Å²) in [5.74, 6) is -1.99. The van der Waals surface area contributed by atoms with Crippen molar-refractivity contribution < 1.29 is 34.1 Å². The minimum Gasteiger partial charge on any atom is -0.481 e. The molecule has 0 aromatic carbocycles. The van der Waals surface area contributed by atoms with Crippen LogP contribution in [0.2, 0.25) is 0 Å². The molecule has 0 bridgehead atoms. The summed E-state index contributed by atoms with van der Waals surface area (Å²) in [5.41, 5.74) is 0.368. The first-order valence-electron chi connectivity index (χ1n) is 21.5. The molecule has 9 nitrogen and oxygen atoms in total. The van der Waals surface area contributed by atoms with Crippen molar-refractivity contribution in [2.75, 3.05) is 6.54 Å². The van der Waals surface area contributed by atoms with Crippen molar-refractivity contribution in [1.29, 1.82) is 0 Å². The number of aliphatic hydroxyl groups is 1. The average molecular weight is 773 g/mol. The Kier molecular flexibility index (Phi) is 9.52. The molecule has 5 fully saturated rings. The summed E-state index contributed by atoms with van der Waals surface area (Å²) in [6.07, 6.45) is 9.84. The van der Waals surface area contributed by atoms with Gasteiger partial charge in [-0.2, -0.15) is 0 Å². The van der Waals surface area contributed by atoms with Gasteiger partial charge in [0, 0.05) is 36.2 Å². The molecular formula is C47H68N2O7. The molecule has 0 radical (unpaired) electrons. The smallest absolute Gasteiger partial charge is 0.309 e. The highest BCUT2D eigenvalue weighted by Gasteiger charge is 2.77. The van der Waals surface area contributed by atoms with Gasteiger partial charge in [-0.25, -0.2) is 0 Å². The quantitative estimate of drug-likeness (QED) is 0.223. The molecule has 5 saturated carbocycles. The molecule has 9 heteroatoms. The monoisotopic (exact) mass is 773 g/mol. The first-order valence-corrected chi connectivity index (χ1v) is 21.5. The van der Waals surface area contributed by atoms with Crippen molar-refractivity contribution in [2.45, 2.75) is 153 Å². The Morgan fingerprint density at radius 2 is 1.52 bits per heavy atom. The number of Topliss-reactive ketones (excluding diaryl/α,β-unsaturated/α-hetero) is 1. The normalized spacial score (nSPS) is 42.7. The molecule has 1 aromatic heterocycles. The Morgan fingerprint density at radius 3 is 2.12 bits per heavy atom. The van der Waals surface area contributed by atoms with Gasteiger partial charge < -0.3 is 20.3 Å². The molecule has 1 amide bonds. The second kappa shape index (κ2) is 13.0. The van der Waals surface area contributed by atoms with E-state index in [1.54, 1.807) is 18.3 Å². The Bertz CT molecular complexity index is 1850. The molecule has 6 aliphatic rings. The number of carbonyl (C=O) groups excluding carboxylic acids is 3. The number of aliphatic hydroxyl groups excluding tert-OH is 1. The van der Waals surface area contributed by atoms with Gasteiger partial charge in [0.15, 0.2) is 5.78 Å². The van der Waals surface area contributed by atoms with Crippen LogP contribution in [-0.4, -0.2) is 57.6 Å². The predicted octanol–water partition coefficient (Wildman–Crippen LogP) is 8.59. The predicted molar refractivity (Wildman–Crippen MR) is 214 cm³/mol. The maximum atomic E-state index is 14.1. The van der Waals surface area contributed by atoms with Crippen LogP contribution >= 0.6 is 0 Å². The number of nitrogens with zero attached hydrogens (tertiary/aromatic N) is 1. The molecule has 3 N–H and O–H groups in total. The van der Waals surface area contributed by atoms with Crippen LogP contribution in [0.3, 0.4) is 0 Å². The molecule has 11 atom stereocenters. The third-order valence-corrected chi connectivity index (χ3v) is 19.6. The van der Waals surface area contributed by atoms with Crippen LogP contribution in [0.25, 0.3) is 0 Å². The third kappa shape index (κ3) is 5.09. The maximum absolute atomic E-state index is 14.1. The van der Waals surface area contributed by atoms with Crippen LogP contribution < -0.4 is 5.32 Å². The number of nitrogens with one attached hydrogen (secondary N) is 1. The van der Waals surface area contributed by atoms with Crippen LogP contribution in [0.5, 0.6) is 0 Å². The average Bonchev–Trinajstić information content (AvgIpc) is 3.44. The van der Waals surface area contributed by atoms with Crippen LogP contribution in [0.15, 0.2) is 35.7 Å². The van der Waals surface area contributed by atoms with Crippen molar-refractivity contribution in [2.24, 2.45) is 67.0 Å². The van der Waals surface area contributed by atoms with Crippen molar-refractivity contribution in [3.05, 3.63) is 41.2 Å². The summed E-state index contributed by atoms with van der Waals surface area (Å²) in [5, 5.41) is 24.9. The molecule has 1 aromatic rings. The summed E-state index contributed by atoms with van der Waals surface area (Å²) >= 11 is 0. The lowest BCUT2D eigenvalue weighted by atomic mass is 9.25. The van der Waals surface area contributed by atoms with Gasteiger partial charge in [-0.05, 0) is 120 Å². The van der Waals surface area contributed by atoms with E-state index in [4.69, 9.17) is 4.74 Å². The van der Waals surface area contributed by atoms with Gasteiger partial charge in [0.1, 0.15) is 6.10 Å². The van der Waals surface area contributed by atoms with E-state index in [1.807, 2.05) is 13.8 Å². The molecule has 56 heavy (non-hydrogen) atoms. The zero-order valence-electron chi connectivity index (χ0n) is 35.9. The fourth-order valence-corrected chi connectivity index (χ4v) is 14.9. The van der Waals surface area contributed by atoms with Crippen LogP contribution in [0.4, 0.5) is 0 Å². The largest absolute Gasteiger partial charge is 0.481 e. The lowest BCUT2D eigenvalue weighted by molar-refractivity contribution is -0.312. The Morgan fingerprint density at radius 1 is 0.875 bits per heavy atom. The van der Waals surface area contributed by atoms with E-state index < -0.39 is 34.7 Å². The van der Waals surface area contributed by atoms with Gasteiger partial charge in [0.05, 0.1) is 23.5 Å². The number of amides is 1. The van der Waals surface area contributed by atoms with E-state index in [-0.39, 0.29) is 74.6 Å². The number of carbonyl (C=O) groups is 4. The minimum absolute atomic E-state index is 0.0338. The van der Waals surface area contributed by atoms with E-state index in [0.717, 1.165) is 50.5 Å². The molecule has 308 valence electrons. The summed E-state index contributed by atoms with van der Waals surface area (Å²) in [7, 11) is 0. The zero-order chi connectivity index (χ0) is 41.2. The first-order chi connectivity index (χ1) is 25.9. The molecule has 0 aliphatic heterocycles. The van der Waals surface area contributed by atoms with Crippen molar-refractivity contribution >= 4 is 23.6 Å². The Hall–Kier alpha value is -3.07. The standard InChI is InChI=1S/C47H68N2O7/c1-27(2)35-32(50)24-47(33(51)26-49-37(52)28-13-12-22-48-25-28)21-18-42(7)29(36(35)47)14-16-46(11)44(42,9)20-19-43(8)41(5,6)34(15-17-45(43,46)10)56-39(55)31-23-30(38(53)54)40(31,3)4/h12-13,22,25,27,29-31,33-34,51H,14-21,23-24,26H2,1-11H3,(H,49,52)(H,53,54)/t29?,30-,31+,33-,34-,42+,43-,44-,45-,46-,47-/m0/s1. The highest BCUT2D eigenvalue weighted by molar-refractivity contribution is 6.01. The van der Waals surface area contributed by atoms with Gasteiger partial charge in [-0.15, -0.1) is 0 Å². The zero-order valence-corrected chi connectivity index (χ0v) is 35.9. The number of rotatable bonds is 8. The van der Waals surface area contributed by atoms with Crippen molar-refractivity contribution in [3.8, 4) is 0 Å². The topological polar surface area (TPSA) is 143 Å². The lowest BCUT2D eigenvalue weighted by Gasteiger charge is -2.79. The molecule has 7 rings (SSSR count). The lowest BCUT2D eigenvalue weighted by Crippen LogP contribution is -2.73. The summed E-state index contributed by atoms with van der Waals surface area (Å²) < 4.78 is 6.50. The van der Waals surface area contributed by atoms with E-state index in [9.17, 15) is 29.4 Å². The number of hydrogen-bond donors (Lipinski definition) is 3. The van der Waals surface area contributed by atoms with E-state index in [0.29, 0.717) is 24.8 Å². The number of ether oxygens (including phenoxy) is 1. The number of carboxylic acid groups (broad SMARTS) is 1. The Balaban J connectivity index is 1.19. The highest BCUT2D eigenvalue weighted by atomic mass is 16.5. The van der Waals surface area contributed by atoms with Gasteiger partial charge in [0.25, 0.3) is 5.91 Å². The summed E-state index contributed by atoms with van der Waals surface area (Å²) in [6.45, 7) is 25.3. The molecular weight excluding hydrogens is 705 g/mol. The number of carboxylic acids is 1. The van der Waals surface area contributed by atoms with Gasteiger partial charge >= 0.3 is 11.9 Å². The van der Waals surface area contributed by atoms with Crippen LogP contribution in [-0.2, 0) is 19.1 Å². The second-order valence-corrected chi connectivity index (χ2v) is 21.7.